The number of imidazole rings is 1. The summed E-state index contributed by atoms with van der Waals surface area (Å²) >= 11 is 5.56. The predicted octanol–water partition coefficient (Wildman–Crippen LogP) is 2.64. The van der Waals surface area contributed by atoms with Crippen LogP contribution in [0.2, 0.25) is 5.02 Å². The smallest absolute Gasteiger partial charge is 0.187 e. The molecule has 2 aromatic rings. The highest BCUT2D eigenvalue weighted by Gasteiger charge is 2.11. The number of carbonyl (C=O) groups excluding carboxylic acids is 1. The van der Waals surface area contributed by atoms with Gasteiger partial charge in [0.15, 0.2) is 5.78 Å². The highest BCUT2D eigenvalue weighted by atomic mass is 35.5. The molecule has 0 aliphatic rings. The van der Waals surface area contributed by atoms with Gasteiger partial charge in [-0.2, -0.15) is 0 Å². The van der Waals surface area contributed by atoms with E-state index in [4.69, 9.17) is 11.6 Å². The van der Waals surface area contributed by atoms with Crippen molar-refractivity contribution in [1.82, 2.24) is 9.55 Å². The highest BCUT2D eigenvalue weighted by molar-refractivity contribution is 6.30. The average Bonchev–Trinajstić information content (AvgIpc) is 2.70. The maximum atomic E-state index is 13.2. The summed E-state index contributed by atoms with van der Waals surface area (Å²) in [7, 11) is 1.78. The van der Waals surface area contributed by atoms with E-state index in [9.17, 15) is 9.18 Å². The van der Waals surface area contributed by atoms with Gasteiger partial charge in [0.25, 0.3) is 0 Å². The Hall–Kier alpha value is -1.68. The fourth-order valence-electron chi connectivity index (χ4n) is 1.48. The third-order valence-electron chi connectivity index (χ3n) is 2.34. The highest BCUT2D eigenvalue weighted by Crippen LogP contribution is 2.16. The quantitative estimate of drug-likeness (QED) is 0.787. The molecule has 5 heteroatoms. The third-order valence-corrected chi connectivity index (χ3v) is 2.65. The summed E-state index contributed by atoms with van der Waals surface area (Å²) < 4.78 is 14.9. The number of benzene rings is 1. The summed E-state index contributed by atoms with van der Waals surface area (Å²) in [6.07, 6.45) is 3.30. The summed E-state index contributed by atoms with van der Waals surface area (Å²) in [5.41, 5.74) is 0.963. The number of hydrogen-bond acceptors (Lipinski definition) is 2. The first-order chi connectivity index (χ1) is 8.06. The van der Waals surface area contributed by atoms with Gasteiger partial charge < -0.3 is 4.57 Å². The molecule has 1 heterocycles. The molecule has 0 fully saturated rings. The van der Waals surface area contributed by atoms with Gasteiger partial charge in [0.1, 0.15) is 11.5 Å². The van der Waals surface area contributed by atoms with E-state index in [2.05, 4.69) is 4.98 Å². The number of aryl methyl sites for hydroxylation is 1. The van der Waals surface area contributed by atoms with Crippen LogP contribution in [0.3, 0.4) is 0 Å². The maximum Gasteiger partial charge on any atom is 0.187 e. The molecule has 0 aliphatic heterocycles. The van der Waals surface area contributed by atoms with E-state index in [0.29, 0.717) is 11.3 Å². The lowest BCUT2D eigenvalue weighted by Gasteiger charge is -2.00. The lowest BCUT2D eigenvalue weighted by Crippen LogP contribution is -2.04. The Balaban J connectivity index is 2.15. The van der Waals surface area contributed by atoms with Gasteiger partial charge in [-0.05, 0) is 17.7 Å². The summed E-state index contributed by atoms with van der Waals surface area (Å²) in [6.45, 7) is 0. The molecule has 0 bridgehead atoms. The zero-order valence-electron chi connectivity index (χ0n) is 9.15. The molecule has 0 saturated carbocycles. The van der Waals surface area contributed by atoms with Crippen LogP contribution < -0.4 is 0 Å². The van der Waals surface area contributed by atoms with Crippen LogP contribution >= 0.6 is 11.6 Å². The number of aromatic nitrogens is 2. The molecular formula is C12H10ClFN2O. The van der Waals surface area contributed by atoms with Gasteiger partial charge in [-0.15, -0.1) is 0 Å². The van der Waals surface area contributed by atoms with Crippen LogP contribution in [0, 0.1) is 5.82 Å². The molecule has 0 unspecified atom stereocenters. The second-order valence-corrected chi connectivity index (χ2v) is 4.18. The summed E-state index contributed by atoms with van der Waals surface area (Å²) in [5.74, 6) is -0.662. The number of ketones is 1. The van der Waals surface area contributed by atoms with E-state index >= 15 is 0 Å². The molecular weight excluding hydrogens is 243 g/mol. The number of halogens is 2. The molecule has 0 N–H and O–H groups in total. The fraction of sp³-hybridized carbons (Fsp3) is 0.167. The number of rotatable bonds is 3. The van der Waals surface area contributed by atoms with Gasteiger partial charge in [-0.25, -0.2) is 9.37 Å². The Bertz CT molecular complexity index is 565. The van der Waals surface area contributed by atoms with E-state index in [1.54, 1.807) is 30.2 Å². The lowest BCUT2D eigenvalue weighted by atomic mass is 10.1. The second kappa shape index (κ2) is 4.67. The first kappa shape index (κ1) is 11.8. The van der Waals surface area contributed by atoms with Crippen molar-refractivity contribution < 1.29 is 9.18 Å². The zero-order valence-corrected chi connectivity index (χ0v) is 9.91. The molecule has 0 spiro atoms. The predicted molar refractivity (Wildman–Crippen MR) is 62.7 cm³/mol. The van der Waals surface area contributed by atoms with Crippen LogP contribution in [0.15, 0.2) is 30.7 Å². The standard InChI is InChI=1S/C12H10ClFN2O/c1-16-6-11(15-7-16)12(17)5-8-2-3-9(13)10(14)4-8/h2-4,6-7H,5H2,1H3. The van der Waals surface area contributed by atoms with Crippen LogP contribution in [0.25, 0.3) is 0 Å². The van der Waals surface area contributed by atoms with Crippen molar-refractivity contribution >= 4 is 17.4 Å². The van der Waals surface area contributed by atoms with Crippen LogP contribution in [-0.4, -0.2) is 15.3 Å². The van der Waals surface area contributed by atoms with Gasteiger partial charge in [0.05, 0.1) is 11.3 Å². The van der Waals surface area contributed by atoms with Crippen molar-refractivity contribution in [3.05, 3.63) is 52.8 Å². The molecule has 1 aromatic heterocycles. The van der Waals surface area contributed by atoms with E-state index < -0.39 is 5.82 Å². The van der Waals surface area contributed by atoms with Gasteiger partial charge >= 0.3 is 0 Å². The topological polar surface area (TPSA) is 34.9 Å². The minimum atomic E-state index is -0.516. The van der Waals surface area contributed by atoms with Crippen molar-refractivity contribution in [2.45, 2.75) is 6.42 Å². The monoisotopic (exact) mass is 252 g/mol. The molecule has 1 aromatic carbocycles. The fourth-order valence-corrected chi connectivity index (χ4v) is 1.60. The van der Waals surface area contributed by atoms with Gasteiger partial charge in [0.2, 0.25) is 0 Å². The summed E-state index contributed by atoms with van der Waals surface area (Å²) in [6, 6.07) is 4.34. The molecule has 0 amide bonds. The summed E-state index contributed by atoms with van der Waals surface area (Å²) in [5, 5.41) is 0.0547. The van der Waals surface area contributed by atoms with E-state index in [-0.39, 0.29) is 17.2 Å². The Morgan fingerprint density at radius 2 is 2.29 bits per heavy atom. The Morgan fingerprint density at radius 3 is 2.88 bits per heavy atom. The lowest BCUT2D eigenvalue weighted by molar-refractivity contribution is 0.0988. The maximum absolute atomic E-state index is 13.2. The van der Waals surface area contributed by atoms with Crippen molar-refractivity contribution in [3.63, 3.8) is 0 Å². The van der Waals surface area contributed by atoms with Crippen molar-refractivity contribution in [3.8, 4) is 0 Å². The molecule has 0 aliphatic carbocycles. The molecule has 17 heavy (non-hydrogen) atoms. The van der Waals surface area contributed by atoms with E-state index in [0.717, 1.165) is 0 Å². The average molecular weight is 253 g/mol. The Labute approximate surface area is 103 Å². The van der Waals surface area contributed by atoms with Crippen molar-refractivity contribution in [1.29, 1.82) is 0 Å². The largest absolute Gasteiger partial charge is 0.340 e. The van der Waals surface area contributed by atoms with Crippen LogP contribution in [0.4, 0.5) is 4.39 Å². The number of hydrogen-bond donors (Lipinski definition) is 0. The van der Waals surface area contributed by atoms with Crippen LogP contribution in [0.1, 0.15) is 16.1 Å². The normalized spacial score (nSPS) is 10.5. The molecule has 0 atom stereocenters. The van der Waals surface area contributed by atoms with Gasteiger partial charge in [-0.3, -0.25) is 4.79 Å². The molecule has 88 valence electrons. The van der Waals surface area contributed by atoms with Gasteiger partial charge in [0, 0.05) is 19.7 Å². The number of Topliss-reactive ketones (excluding diaryl/α,β-unsaturated/α-hetero) is 1. The van der Waals surface area contributed by atoms with Crippen LogP contribution in [0.5, 0.6) is 0 Å². The second-order valence-electron chi connectivity index (χ2n) is 3.77. The minimum Gasteiger partial charge on any atom is -0.340 e. The molecule has 0 saturated heterocycles. The molecule has 2 rings (SSSR count). The first-order valence-corrected chi connectivity index (χ1v) is 5.39. The number of nitrogens with zero attached hydrogens (tertiary/aromatic N) is 2. The van der Waals surface area contributed by atoms with Crippen LogP contribution in [-0.2, 0) is 13.5 Å². The Kier molecular flexibility index (Phi) is 3.24. The van der Waals surface area contributed by atoms with Gasteiger partial charge in [-0.1, -0.05) is 17.7 Å². The zero-order chi connectivity index (χ0) is 12.4. The third kappa shape index (κ3) is 2.71. The van der Waals surface area contributed by atoms with E-state index in [1.807, 2.05) is 0 Å². The molecule has 0 radical (unpaired) electrons. The van der Waals surface area contributed by atoms with Crippen molar-refractivity contribution in [2.75, 3.05) is 0 Å². The van der Waals surface area contributed by atoms with E-state index in [1.165, 1.54) is 12.1 Å². The SMILES string of the molecule is Cn1cnc(C(=O)Cc2ccc(Cl)c(F)c2)c1. The van der Waals surface area contributed by atoms with Crippen molar-refractivity contribution in [2.24, 2.45) is 7.05 Å². The summed E-state index contributed by atoms with van der Waals surface area (Å²) in [4.78, 5) is 15.7. The molecule has 3 nitrogen and oxygen atoms in total. The minimum absolute atomic E-state index is 0.0547. The Morgan fingerprint density at radius 1 is 1.53 bits per heavy atom. The first-order valence-electron chi connectivity index (χ1n) is 5.01. The number of carbonyl (C=O) groups is 1.